The third-order valence-electron chi connectivity index (χ3n) is 5.94. The fraction of sp³-hybridized carbons (Fsp3) is 0.429. The molecule has 4 nitrogen and oxygen atoms in total. The normalized spacial score (nSPS) is 14.0. The lowest BCUT2D eigenvalue weighted by Gasteiger charge is -2.35. The van der Waals surface area contributed by atoms with Crippen molar-refractivity contribution in [1.82, 2.24) is 0 Å². The van der Waals surface area contributed by atoms with Crippen LogP contribution in [0.15, 0.2) is 36.4 Å². The summed E-state index contributed by atoms with van der Waals surface area (Å²) in [6.07, 6.45) is 5.93. The molecule has 2 aromatic carbocycles. The maximum absolute atomic E-state index is 10.2. The fourth-order valence-corrected chi connectivity index (χ4v) is 4.75. The van der Waals surface area contributed by atoms with E-state index in [-0.39, 0.29) is 16.3 Å². The molecule has 0 aliphatic heterocycles. The van der Waals surface area contributed by atoms with E-state index in [1.807, 2.05) is 18.2 Å². The van der Waals surface area contributed by atoms with Crippen LogP contribution < -0.4 is 10.9 Å². The summed E-state index contributed by atoms with van der Waals surface area (Å²) in [5, 5.41) is 40.1. The minimum atomic E-state index is -1.76. The van der Waals surface area contributed by atoms with Crippen molar-refractivity contribution >= 4 is 25.2 Å². The summed E-state index contributed by atoms with van der Waals surface area (Å²) in [5.41, 5.74) is 4.27. The Kier molecular flexibility index (Phi) is 6.11. The van der Waals surface area contributed by atoms with Crippen molar-refractivity contribution in [1.29, 1.82) is 0 Å². The highest BCUT2D eigenvalue weighted by Gasteiger charge is 2.46. The summed E-state index contributed by atoms with van der Waals surface area (Å²) < 4.78 is 0. The summed E-state index contributed by atoms with van der Waals surface area (Å²) in [6.45, 7) is 4.32. The molecule has 27 heavy (non-hydrogen) atoms. The molecule has 0 atom stereocenters. The standard InChI is InChI=1S/C21H28B2O4/c1-3-5-13-21(14-6-4-2)17-10-8-7-9-15(17)16-11-12-18(22(24)25)20(19(16)21)23(26)27/h7-12,24-27H,3-6,13-14H2,1-2H3. The van der Waals surface area contributed by atoms with E-state index >= 15 is 0 Å². The fourth-order valence-electron chi connectivity index (χ4n) is 4.75. The first kappa shape index (κ1) is 20.2. The Morgan fingerprint density at radius 3 is 1.96 bits per heavy atom. The molecule has 0 spiro atoms. The number of fused-ring (bicyclic) bond motifs is 3. The van der Waals surface area contributed by atoms with Gasteiger partial charge in [0.2, 0.25) is 0 Å². The number of hydrogen-bond donors (Lipinski definition) is 4. The molecule has 4 N–H and O–H groups in total. The quantitative estimate of drug-likeness (QED) is 0.536. The Bertz CT molecular complexity index is 797. The van der Waals surface area contributed by atoms with Gasteiger partial charge in [-0.05, 0) is 46.0 Å². The lowest BCUT2D eigenvalue weighted by Crippen LogP contribution is -2.53. The third-order valence-corrected chi connectivity index (χ3v) is 5.94. The van der Waals surface area contributed by atoms with Crippen LogP contribution in [0.3, 0.4) is 0 Å². The van der Waals surface area contributed by atoms with Crippen LogP contribution in [0.25, 0.3) is 11.1 Å². The first-order valence-electron chi connectivity index (χ1n) is 9.97. The van der Waals surface area contributed by atoms with Crippen molar-refractivity contribution in [2.24, 2.45) is 0 Å². The molecule has 0 saturated carbocycles. The zero-order valence-electron chi connectivity index (χ0n) is 16.2. The smallest absolute Gasteiger partial charge is 0.423 e. The molecule has 3 rings (SSSR count). The van der Waals surface area contributed by atoms with Gasteiger partial charge in [0.1, 0.15) is 0 Å². The molecular formula is C21H28B2O4. The predicted octanol–water partition coefficient (Wildman–Crippen LogP) is 1.69. The van der Waals surface area contributed by atoms with Crippen molar-refractivity contribution in [3.05, 3.63) is 47.5 Å². The van der Waals surface area contributed by atoms with Gasteiger partial charge in [0, 0.05) is 5.41 Å². The molecule has 0 bridgehead atoms. The molecule has 1 aliphatic carbocycles. The Morgan fingerprint density at radius 1 is 0.778 bits per heavy atom. The summed E-state index contributed by atoms with van der Waals surface area (Å²) in [7, 11) is -3.50. The molecule has 1 aliphatic rings. The average Bonchev–Trinajstić information content (AvgIpc) is 2.94. The highest BCUT2D eigenvalue weighted by atomic mass is 16.4. The Hall–Kier alpha value is -1.59. The minimum absolute atomic E-state index is 0.175. The highest BCUT2D eigenvalue weighted by Crippen LogP contribution is 2.53. The zero-order valence-corrected chi connectivity index (χ0v) is 16.2. The van der Waals surface area contributed by atoms with Gasteiger partial charge >= 0.3 is 14.2 Å². The van der Waals surface area contributed by atoms with E-state index in [0.29, 0.717) is 0 Å². The average molecular weight is 366 g/mol. The molecule has 0 saturated heterocycles. The van der Waals surface area contributed by atoms with E-state index in [0.717, 1.165) is 55.2 Å². The van der Waals surface area contributed by atoms with Gasteiger partial charge in [0.15, 0.2) is 0 Å². The number of unbranched alkanes of at least 4 members (excludes halogenated alkanes) is 2. The minimum Gasteiger partial charge on any atom is -0.423 e. The molecule has 0 heterocycles. The van der Waals surface area contributed by atoms with E-state index in [1.54, 1.807) is 6.07 Å². The second-order valence-electron chi connectivity index (χ2n) is 7.57. The van der Waals surface area contributed by atoms with Crippen LogP contribution in [-0.2, 0) is 5.41 Å². The predicted molar refractivity (Wildman–Crippen MR) is 111 cm³/mol. The monoisotopic (exact) mass is 366 g/mol. The van der Waals surface area contributed by atoms with Crippen LogP contribution in [0.1, 0.15) is 63.5 Å². The Labute approximate surface area is 162 Å². The number of benzene rings is 2. The molecule has 2 aromatic rings. The van der Waals surface area contributed by atoms with Gasteiger partial charge in [-0.2, -0.15) is 0 Å². The van der Waals surface area contributed by atoms with Gasteiger partial charge in [0.25, 0.3) is 0 Å². The van der Waals surface area contributed by atoms with Crippen LogP contribution in [0.5, 0.6) is 0 Å². The second kappa shape index (κ2) is 8.19. The van der Waals surface area contributed by atoms with Crippen molar-refractivity contribution < 1.29 is 20.1 Å². The maximum atomic E-state index is 10.2. The Morgan fingerprint density at radius 2 is 1.41 bits per heavy atom. The van der Waals surface area contributed by atoms with Crippen LogP contribution in [0, 0.1) is 0 Å². The van der Waals surface area contributed by atoms with Gasteiger partial charge in [-0.15, -0.1) is 0 Å². The number of rotatable bonds is 8. The van der Waals surface area contributed by atoms with Crippen LogP contribution in [-0.4, -0.2) is 34.3 Å². The van der Waals surface area contributed by atoms with E-state index < -0.39 is 14.2 Å². The van der Waals surface area contributed by atoms with Crippen LogP contribution in [0.4, 0.5) is 0 Å². The first-order valence-corrected chi connectivity index (χ1v) is 9.97. The van der Waals surface area contributed by atoms with E-state index in [1.165, 1.54) is 5.56 Å². The van der Waals surface area contributed by atoms with E-state index in [4.69, 9.17) is 0 Å². The molecule has 0 aromatic heterocycles. The summed E-state index contributed by atoms with van der Waals surface area (Å²) in [4.78, 5) is 0. The van der Waals surface area contributed by atoms with Gasteiger partial charge < -0.3 is 20.1 Å². The lowest BCUT2D eigenvalue weighted by molar-refractivity contribution is 0.404. The first-order chi connectivity index (χ1) is 13.0. The van der Waals surface area contributed by atoms with Crippen molar-refractivity contribution in [2.75, 3.05) is 0 Å². The van der Waals surface area contributed by atoms with Gasteiger partial charge in [-0.1, -0.05) is 75.9 Å². The van der Waals surface area contributed by atoms with Gasteiger partial charge in [0.05, 0.1) is 0 Å². The van der Waals surface area contributed by atoms with Gasteiger partial charge in [-0.3, -0.25) is 0 Å². The summed E-state index contributed by atoms with van der Waals surface area (Å²) >= 11 is 0. The molecule has 0 unspecified atom stereocenters. The SMILES string of the molecule is CCCCC1(CCCC)c2ccccc2-c2ccc(B(O)O)c(B(O)O)c21. The molecule has 0 fully saturated rings. The molecule has 142 valence electrons. The summed E-state index contributed by atoms with van der Waals surface area (Å²) in [5.74, 6) is 0. The topological polar surface area (TPSA) is 80.9 Å². The number of hydrogen-bond acceptors (Lipinski definition) is 4. The van der Waals surface area contributed by atoms with Crippen LogP contribution in [0.2, 0.25) is 0 Å². The van der Waals surface area contributed by atoms with Crippen molar-refractivity contribution in [2.45, 2.75) is 57.8 Å². The van der Waals surface area contributed by atoms with Crippen molar-refractivity contribution in [3.8, 4) is 11.1 Å². The molecule has 0 amide bonds. The largest absolute Gasteiger partial charge is 0.488 e. The molecular weight excluding hydrogens is 338 g/mol. The second-order valence-corrected chi connectivity index (χ2v) is 7.57. The van der Waals surface area contributed by atoms with Gasteiger partial charge in [-0.25, -0.2) is 0 Å². The maximum Gasteiger partial charge on any atom is 0.488 e. The summed E-state index contributed by atoms with van der Waals surface area (Å²) in [6, 6.07) is 11.8. The third kappa shape index (κ3) is 3.36. The molecule has 6 heteroatoms. The highest BCUT2D eigenvalue weighted by molar-refractivity contribution is 6.72. The Balaban J connectivity index is 2.35. The molecule has 0 radical (unpaired) electrons. The van der Waals surface area contributed by atoms with E-state index in [2.05, 4.69) is 26.0 Å². The lowest BCUT2D eigenvalue weighted by atomic mass is 9.58. The van der Waals surface area contributed by atoms with Crippen LogP contribution >= 0.6 is 0 Å². The van der Waals surface area contributed by atoms with Crippen molar-refractivity contribution in [3.63, 3.8) is 0 Å². The zero-order chi connectivity index (χ0) is 19.6. The van der Waals surface area contributed by atoms with E-state index in [9.17, 15) is 20.1 Å².